The van der Waals surface area contributed by atoms with Crippen LogP contribution in [0.15, 0.2) is 24.8 Å². The third-order valence-corrected chi connectivity index (χ3v) is 3.94. The minimum Gasteiger partial charge on any atom is -0.490 e. The van der Waals surface area contributed by atoms with Gasteiger partial charge >= 0.3 is 0 Å². The molecule has 0 spiro atoms. The van der Waals surface area contributed by atoms with Crippen LogP contribution in [0.25, 0.3) is 0 Å². The van der Waals surface area contributed by atoms with E-state index in [-0.39, 0.29) is 5.75 Å². The lowest BCUT2D eigenvalue weighted by Crippen LogP contribution is -2.19. The molecule has 0 amide bonds. The molecule has 1 aromatic carbocycles. The highest BCUT2D eigenvalue weighted by Crippen LogP contribution is 2.30. The van der Waals surface area contributed by atoms with Crippen LogP contribution in [-0.2, 0) is 0 Å². The first-order valence-corrected chi connectivity index (χ1v) is 6.81. The van der Waals surface area contributed by atoms with Crippen molar-refractivity contribution in [3.05, 3.63) is 42.0 Å². The summed E-state index contributed by atoms with van der Waals surface area (Å²) >= 11 is 0. The van der Waals surface area contributed by atoms with Crippen LogP contribution in [0.1, 0.15) is 31.2 Å². The monoisotopic (exact) mass is 266 g/mol. The average molecular weight is 266 g/mol. The Morgan fingerprint density at radius 1 is 1.21 bits per heavy atom. The summed E-state index contributed by atoms with van der Waals surface area (Å²) in [7, 11) is 0. The Hall–Kier alpha value is -1.38. The lowest BCUT2D eigenvalue weighted by atomic mass is 9.82. The quantitative estimate of drug-likeness (QED) is 0.721. The molecule has 19 heavy (non-hydrogen) atoms. The maximum Gasteiger partial charge on any atom is 0.200 e. The summed E-state index contributed by atoms with van der Waals surface area (Å²) in [5.74, 6) is -0.633. The average Bonchev–Trinajstić information content (AvgIpc) is 2.45. The van der Waals surface area contributed by atoms with Crippen molar-refractivity contribution in [3.8, 4) is 5.75 Å². The van der Waals surface area contributed by atoms with Gasteiger partial charge in [-0.05, 0) is 56.1 Å². The number of allylic oxidation sites excluding steroid dienone is 1. The molecule has 0 aliphatic heterocycles. The molecular formula is C16H20F2O. The zero-order valence-electron chi connectivity index (χ0n) is 11.3. The third-order valence-electron chi connectivity index (χ3n) is 3.94. The lowest BCUT2D eigenvalue weighted by molar-refractivity contribution is 0.188. The maximum atomic E-state index is 13.6. The van der Waals surface area contributed by atoms with Gasteiger partial charge in [0.2, 0.25) is 5.82 Å². The highest BCUT2D eigenvalue weighted by molar-refractivity contribution is 5.30. The van der Waals surface area contributed by atoms with E-state index in [4.69, 9.17) is 4.74 Å². The fraction of sp³-hybridized carbons (Fsp3) is 0.500. The molecule has 1 nitrogen and oxygen atoms in total. The Labute approximate surface area is 113 Å². The van der Waals surface area contributed by atoms with Gasteiger partial charge in [0.25, 0.3) is 0 Å². The number of aryl methyl sites for hydroxylation is 1. The zero-order chi connectivity index (χ0) is 13.8. The second-order valence-electron chi connectivity index (χ2n) is 5.34. The first-order chi connectivity index (χ1) is 9.11. The van der Waals surface area contributed by atoms with E-state index < -0.39 is 11.6 Å². The van der Waals surface area contributed by atoms with Gasteiger partial charge in [0.05, 0.1) is 6.61 Å². The van der Waals surface area contributed by atoms with Crippen molar-refractivity contribution < 1.29 is 13.5 Å². The zero-order valence-corrected chi connectivity index (χ0v) is 11.3. The lowest BCUT2D eigenvalue weighted by Gasteiger charge is -2.26. The molecule has 0 aromatic heterocycles. The number of halogens is 2. The first-order valence-electron chi connectivity index (χ1n) is 6.81. The van der Waals surface area contributed by atoms with Crippen LogP contribution in [0.4, 0.5) is 8.78 Å². The van der Waals surface area contributed by atoms with E-state index in [2.05, 4.69) is 6.58 Å². The predicted octanol–water partition coefficient (Wildman–Crippen LogP) is 4.64. The van der Waals surface area contributed by atoms with Gasteiger partial charge in [-0.15, -0.1) is 6.58 Å². The van der Waals surface area contributed by atoms with E-state index in [0.29, 0.717) is 24.0 Å². The summed E-state index contributed by atoms with van der Waals surface area (Å²) in [5.41, 5.74) is 0.302. The molecule has 0 unspecified atom stereocenters. The van der Waals surface area contributed by atoms with Crippen LogP contribution in [0.2, 0.25) is 0 Å². The third kappa shape index (κ3) is 3.34. The van der Waals surface area contributed by atoms with Crippen molar-refractivity contribution in [3.63, 3.8) is 0 Å². The predicted molar refractivity (Wildman–Crippen MR) is 72.2 cm³/mol. The van der Waals surface area contributed by atoms with E-state index >= 15 is 0 Å². The van der Waals surface area contributed by atoms with E-state index in [0.717, 1.165) is 25.7 Å². The van der Waals surface area contributed by atoms with Gasteiger partial charge < -0.3 is 4.74 Å². The number of ether oxygens (including phenoxy) is 1. The standard InChI is InChI=1S/C16H20F2O/c1-3-12-5-7-13(8-6-12)10-19-14-9-4-11(2)15(17)16(14)18/h3-4,9,12-13H,1,5-8,10H2,2H3. The SMILES string of the molecule is C=CC1CCC(COc2ccc(C)c(F)c2F)CC1. The van der Waals surface area contributed by atoms with Crippen molar-refractivity contribution in [1.82, 2.24) is 0 Å². The molecule has 0 atom stereocenters. The van der Waals surface area contributed by atoms with E-state index in [1.54, 1.807) is 13.0 Å². The Bertz CT molecular complexity index is 448. The summed E-state index contributed by atoms with van der Waals surface area (Å²) in [6, 6.07) is 3.05. The second kappa shape index (κ2) is 6.18. The summed E-state index contributed by atoms with van der Waals surface area (Å²) in [6.07, 6.45) is 6.36. The maximum absolute atomic E-state index is 13.6. The highest BCUT2D eigenvalue weighted by Gasteiger charge is 2.20. The molecule has 0 saturated heterocycles. The minimum absolute atomic E-state index is 0.0222. The Morgan fingerprint density at radius 3 is 2.53 bits per heavy atom. The smallest absolute Gasteiger partial charge is 0.200 e. The van der Waals surface area contributed by atoms with Crippen molar-refractivity contribution in [2.24, 2.45) is 11.8 Å². The summed E-state index contributed by atoms with van der Waals surface area (Å²) in [5, 5.41) is 0. The topological polar surface area (TPSA) is 9.23 Å². The van der Waals surface area contributed by atoms with E-state index in [1.807, 2.05) is 6.08 Å². The Balaban J connectivity index is 1.89. The molecule has 2 rings (SSSR count). The number of benzene rings is 1. The Kier molecular flexibility index (Phi) is 4.56. The number of hydrogen-bond acceptors (Lipinski definition) is 1. The van der Waals surface area contributed by atoms with E-state index in [1.165, 1.54) is 6.07 Å². The number of rotatable bonds is 4. The summed E-state index contributed by atoms with van der Waals surface area (Å²) < 4.78 is 32.4. The molecular weight excluding hydrogens is 246 g/mol. The molecule has 0 N–H and O–H groups in total. The second-order valence-corrected chi connectivity index (χ2v) is 5.34. The van der Waals surface area contributed by atoms with Gasteiger partial charge in [-0.25, -0.2) is 4.39 Å². The molecule has 1 aliphatic carbocycles. The van der Waals surface area contributed by atoms with Crippen molar-refractivity contribution in [1.29, 1.82) is 0 Å². The summed E-state index contributed by atoms with van der Waals surface area (Å²) in [4.78, 5) is 0. The normalized spacial score (nSPS) is 23.1. The largest absolute Gasteiger partial charge is 0.490 e. The number of hydrogen-bond donors (Lipinski definition) is 0. The van der Waals surface area contributed by atoms with Gasteiger partial charge in [-0.1, -0.05) is 12.1 Å². The van der Waals surface area contributed by atoms with Crippen molar-refractivity contribution >= 4 is 0 Å². The van der Waals surface area contributed by atoms with Gasteiger partial charge in [0.15, 0.2) is 11.6 Å². The molecule has 1 aliphatic rings. The molecule has 1 fully saturated rings. The van der Waals surface area contributed by atoms with Crippen LogP contribution in [-0.4, -0.2) is 6.61 Å². The van der Waals surface area contributed by atoms with Crippen molar-refractivity contribution in [2.75, 3.05) is 6.61 Å². The van der Waals surface area contributed by atoms with Crippen molar-refractivity contribution in [2.45, 2.75) is 32.6 Å². The summed E-state index contributed by atoms with van der Waals surface area (Å²) in [6.45, 7) is 5.81. The molecule has 3 heteroatoms. The Morgan fingerprint density at radius 2 is 1.89 bits per heavy atom. The van der Waals surface area contributed by atoms with Gasteiger partial charge in [-0.3, -0.25) is 0 Å². The first kappa shape index (κ1) is 14.0. The van der Waals surface area contributed by atoms with Crippen LogP contribution in [0.3, 0.4) is 0 Å². The van der Waals surface area contributed by atoms with Gasteiger partial charge in [0.1, 0.15) is 0 Å². The molecule has 1 saturated carbocycles. The molecule has 0 bridgehead atoms. The molecule has 1 aromatic rings. The molecule has 0 heterocycles. The molecule has 0 radical (unpaired) electrons. The van der Waals surface area contributed by atoms with Gasteiger partial charge in [-0.2, -0.15) is 4.39 Å². The fourth-order valence-corrected chi connectivity index (χ4v) is 2.54. The highest BCUT2D eigenvalue weighted by atomic mass is 19.2. The van der Waals surface area contributed by atoms with Crippen LogP contribution >= 0.6 is 0 Å². The molecule has 104 valence electrons. The van der Waals surface area contributed by atoms with Gasteiger partial charge in [0, 0.05) is 0 Å². The van der Waals surface area contributed by atoms with Crippen LogP contribution in [0.5, 0.6) is 5.75 Å². The van der Waals surface area contributed by atoms with Crippen LogP contribution in [0, 0.1) is 30.4 Å². The van der Waals surface area contributed by atoms with E-state index in [9.17, 15) is 8.78 Å². The minimum atomic E-state index is -0.875. The van der Waals surface area contributed by atoms with Crippen LogP contribution < -0.4 is 4.74 Å². The fourth-order valence-electron chi connectivity index (χ4n) is 2.54.